The quantitative estimate of drug-likeness (QED) is 0.758. The lowest BCUT2D eigenvalue weighted by molar-refractivity contribution is 0.0490. The Morgan fingerprint density at radius 1 is 1.33 bits per heavy atom. The van der Waals surface area contributed by atoms with Gasteiger partial charge in [-0.15, -0.1) is 0 Å². The van der Waals surface area contributed by atoms with Crippen molar-refractivity contribution < 1.29 is 4.74 Å². The van der Waals surface area contributed by atoms with Crippen molar-refractivity contribution in [2.24, 2.45) is 17.8 Å². The molecule has 0 spiro atoms. The van der Waals surface area contributed by atoms with Crippen LogP contribution in [-0.4, -0.2) is 25.8 Å². The molecular formula is C13H27NO. The van der Waals surface area contributed by atoms with Crippen LogP contribution in [0, 0.1) is 17.8 Å². The maximum absolute atomic E-state index is 5.23. The summed E-state index contributed by atoms with van der Waals surface area (Å²) in [4.78, 5) is 0. The highest BCUT2D eigenvalue weighted by molar-refractivity contribution is 4.87. The molecule has 1 aliphatic carbocycles. The zero-order chi connectivity index (χ0) is 11.5. The smallest absolute Gasteiger partial charge is 0.0490 e. The van der Waals surface area contributed by atoms with Crippen LogP contribution in [0.25, 0.3) is 0 Å². The molecule has 1 saturated carbocycles. The van der Waals surface area contributed by atoms with E-state index in [0.717, 1.165) is 24.4 Å². The van der Waals surface area contributed by atoms with E-state index in [1.807, 2.05) is 0 Å². The highest BCUT2D eigenvalue weighted by Gasteiger charge is 2.34. The summed E-state index contributed by atoms with van der Waals surface area (Å²) < 4.78 is 5.23. The van der Waals surface area contributed by atoms with Crippen LogP contribution >= 0.6 is 0 Å². The van der Waals surface area contributed by atoms with Gasteiger partial charge in [-0.3, -0.25) is 0 Å². The largest absolute Gasteiger partial charge is 0.384 e. The van der Waals surface area contributed by atoms with Crippen LogP contribution in [0.1, 0.15) is 40.5 Å². The van der Waals surface area contributed by atoms with Crippen LogP contribution < -0.4 is 5.32 Å². The number of methoxy groups -OCH3 is 1. The number of ether oxygens (including phenoxy) is 1. The molecule has 0 aromatic rings. The average Bonchev–Trinajstić information content (AvgIpc) is 2.00. The fraction of sp³-hybridized carbons (Fsp3) is 1.00. The molecule has 2 heteroatoms. The van der Waals surface area contributed by atoms with E-state index in [4.69, 9.17) is 4.74 Å². The Morgan fingerprint density at radius 3 is 2.40 bits per heavy atom. The molecule has 15 heavy (non-hydrogen) atoms. The van der Waals surface area contributed by atoms with Crippen LogP contribution in [0.4, 0.5) is 0 Å². The van der Waals surface area contributed by atoms with Crippen molar-refractivity contribution in [1.82, 2.24) is 5.32 Å². The van der Waals surface area contributed by atoms with E-state index < -0.39 is 0 Å². The molecule has 3 unspecified atom stereocenters. The highest BCUT2D eigenvalue weighted by atomic mass is 16.5. The topological polar surface area (TPSA) is 21.3 Å². The Kier molecular flexibility index (Phi) is 4.60. The summed E-state index contributed by atoms with van der Waals surface area (Å²) in [5.41, 5.74) is 0.255. The van der Waals surface area contributed by atoms with Crippen molar-refractivity contribution in [3.8, 4) is 0 Å². The van der Waals surface area contributed by atoms with Crippen molar-refractivity contribution >= 4 is 0 Å². The molecule has 0 bridgehead atoms. The molecule has 90 valence electrons. The molecular weight excluding hydrogens is 186 g/mol. The SMILES string of the molecule is COCC(C)C1CCC1CNC(C)(C)C. The van der Waals surface area contributed by atoms with Gasteiger partial charge in [0, 0.05) is 19.3 Å². The van der Waals surface area contributed by atoms with E-state index in [2.05, 4.69) is 33.0 Å². The summed E-state index contributed by atoms with van der Waals surface area (Å²) in [6.07, 6.45) is 2.78. The highest BCUT2D eigenvalue weighted by Crippen LogP contribution is 2.39. The average molecular weight is 213 g/mol. The van der Waals surface area contributed by atoms with Crippen LogP contribution in [0.15, 0.2) is 0 Å². The second-order valence-electron chi connectivity index (χ2n) is 6.06. The van der Waals surface area contributed by atoms with E-state index in [0.29, 0.717) is 0 Å². The summed E-state index contributed by atoms with van der Waals surface area (Å²) in [5, 5.41) is 3.61. The minimum absolute atomic E-state index is 0.255. The third-order valence-corrected chi connectivity index (χ3v) is 3.53. The summed E-state index contributed by atoms with van der Waals surface area (Å²) >= 11 is 0. The van der Waals surface area contributed by atoms with Crippen molar-refractivity contribution in [1.29, 1.82) is 0 Å². The first-order valence-electron chi connectivity index (χ1n) is 6.18. The number of rotatable bonds is 5. The fourth-order valence-corrected chi connectivity index (χ4v) is 2.42. The first-order valence-corrected chi connectivity index (χ1v) is 6.18. The molecule has 0 aromatic carbocycles. The first-order chi connectivity index (χ1) is 6.94. The van der Waals surface area contributed by atoms with Crippen molar-refractivity contribution in [2.45, 2.75) is 46.1 Å². The van der Waals surface area contributed by atoms with E-state index in [9.17, 15) is 0 Å². The lowest BCUT2D eigenvalue weighted by Crippen LogP contribution is -2.45. The maximum Gasteiger partial charge on any atom is 0.0490 e. The van der Waals surface area contributed by atoms with Gasteiger partial charge in [-0.2, -0.15) is 0 Å². The maximum atomic E-state index is 5.23. The Labute approximate surface area is 94.8 Å². The third kappa shape index (κ3) is 4.12. The lowest BCUT2D eigenvalue weighted by Gasteiger charge is -2.42. The second-order valence-corrected chi connectivity index (χ2v) is 6.06. The Hall–Kier alpha value is -0.0800. The number of hydrogen-bond acceptors (Lipinski definition) is 2. The Balaban J connectivity index is 2.26. The van der Waals surface area contributed by atoms with E-state index in [1.54, 1.807) is 7.11 Å². The van der Waals surface area contributed by atoms with E-state index in [1.165, 1.54) is 19.4 Å². The zero-order valence-corrected chi connectivity index (χ0v) is 11.0. The molecule has 0 amide bonds. The summed E-state index contributed by atoms with van der Waals surface area (Å²) in [5.74, 6) is 2.46. The van der Waals surface area contributed by atoms with E-state index >= 15 is 0 Å². The van der Waals surface area contributed by atoms with Crippen molar-refractivity contribution in [3.05, 3.63) is 0 Å². The fourth-order valence-electron chi connectivity index (χ4n) is 2.42. The zero-order valence-electron chi connectivity index (χ0n) is 11.0. The standard InChI is InChI=1S/C13H27NO/c1-10(9-15-5)12-7-6-11(12)8-14-13(2,3)4/h10-12,14H,6-9H2,1-5H3. The molecule has 1 N–H and O–H groups in total. The Morgan fingerprint density at radius 2 is 2.00 bits per heavy atom. The molecule has 0 radical (unpaired) electrons. The monoisotopic (exact) mass is 213 g/mol. The summed E-state index contributed by atoms with van der Waals surface area (Å²) in [6, 6.07) is 0. The number of nitrogens with one attached hydrogen (secondary N) is 1. The van der Waals surface area contributed by atoms with Gasteiger partial charge in [0.15, 0.2) is 0 Å². The summed E-state index contributed by atoms with van der Waals surface area (Å²) in [6.45, 7) is 11.1. The lowest BCUT2D eigenvalue weighted by atomic mass is 9.67. The van der Waals surface area contributed by atoms with Gasteiger partial charge in [-0.25, -0.2) is 0 Å². The predicted octanol–water partition coefficient (Wildman–Crippen LogP) is 2.68. The van der Waals surface area contributed by atoms with Crippen LogP contribution in [0.5, 0.6) is 0 Å². The minimum Gasteiger partial charge on any atom is -0.384 e. The normalized spacial score (nSPS) is 28.6. The van der Waals surface area contributed by atoms with Gasteiger partial charge < -0.3 is 10.1 Å². The molecule has 3 atom stereocenters. The molecule has 0 saturated heterocycles. The van der Waals surface area contributed by atoms with Gasteiger partial charge in [0.05, 0.1) is 0 Å². The molecule has 0 aliphatic heterocycles. The third-order valence-electron chi connectivity index (χ3n) is 3.53. The van der Waals surface area contributed by atoms with Gasteiger partial charge in [-0.05, 0) is 57.9 Å². The van der Waals surface area contributed by atoms with E-state index in [-0.39, 0.29) is 5.54 Å². The second kappa shape index (κ2) is 5.31. The van der Waals surface area contributed by atoms with Crippen molar-refractivity contribution in [3.63, 3.8) is 0 Å². The van der Waals surface area contributed by atoms with Crippen LogP contribution in [0.2, 0.25) is 0 Å². The summed E-state index contributed by atoms with van der Waals surface area (Å²) in [7, 11) is 1.80. The molecule has 0 aromatic heterocycles. The van der Waals surface area contributed by atoms with Crippen LogP contribution in [0.3, 0.4) is 0 Å². The van der Waals surface area contributed by atoms with Gasteiger partial charge in [-0.1, -0.05) is 6.92 Å². The van der Waals surface area contributed by atoms with Gasteiger partial charge in [0.1, 0.15) is 0 Å². The molecule has 0 heterocycles. The number of hydrogen-bond donors (Lipinski definition) is 1. The van der Waals surface area contributed by atoms with Gasteiger partial charge >= 0.3 is 0 Å². The molecule has 1 fully saturated rings. The Bertz CT molecular complexity index is 185. The van der Waals surface area contributed by atoms with Crippen LogP contribution in [-0.2, 0) is 4.74 Å². The first kappa shape index (κ1) is 13.0. The molecule has 1 aliphatic rings. The predicted molar refractivity (Wildman–Crippen MR) is 65.0 cm³/mol. The molecule has 1 rings (SSSR count). The van der Waals surface area contributed by atoms with Gasteiger partial charge in [0.25, 0.3) is 0 Å². The minimum atomic E-state index is 0.255. The molecule has 2 nitrogen and oxygen atoms in total. The van der Waals surface area contributed by atoms with Crippen molar-refractivity contribution in [2.75, 3.05) is 20.3 Å². The van der Waals surface area contributed by atoms with Gasteiger partial charge in [0.2, 0.25) is 0 Å².